The van der Waals surface area contributed by atoms with Gasteiger partial charge in [-0.1, -0.05) is 26.8 Å². The molecule has 0 radical (unpaired) electrons. The summed E-state index contributed by atoms with van der Waals surface area (Å²) >= 11 is 0. The van der Waals surface area contributed by atoms with Crippen LogP contribution in [0, 0.1) is 0 Å². The molecule has 0 spiro atoms. The molecule has 0 fully saturated rings. The van der Waals surface area contributed by atoms with Crippen molar-refractivity contribution in [2.75, 3.05) is 7.11 Å². The molecule has 0 aliphatic carbocycles. The quantitative estimate of drug-likeness (QED) is 0.690. The lowest BCUT2D eigenvalue weighted by Crippen LogP contribution is -2.10. The Morgan fingerprint density at radius 1 is 0.905 bits per heavy atom. The van der Waals surface area contributed by atoms with Crippen LogP contribution in [0.4, 0.5) is 0 Å². The lowest BCUT2D eigenvalue weighted by molar-refractivity contribution is 0.415. The van der Waals surface area contributed by atoms with Crippen molar-refractivity contribution in [2.24, 2.45) is 0 Å². The van der Waals surface area contributed by atoms with Crippen molar-refractivity contribution in [1.29, 1.82) is 0 Å². The van der Waals surface area contributed by atoms with E-state index in [-0.39, 0.29) is 5.41 Å². The van der Waals surface area contributed by atoms with E-state index in [4.69, 9.17) is 4.74 Å². The van der Waals surface area contributed by atoms with Gasteiger partial charge < -0.3 is 9.72 Å². The van der Waals surface area contributed by atoms with E-state index in [1.807, 2.05) is 12.1 Å². The summed E-state index contributed by atoms with van der Waals surface area (Å²) in [6.07, 6.45) is 0. The third-order valence-electron chi connectivity index (χ3n) is 3.89. The highest BCUT2D eigenvalue weighted by atomic mass is 16.5. The summed E-state index contributed by atoms with van der Waals surface area (Å²) in [4.78, 5) is 3.49. The molecule has 0 saturated carbocycles. The Bertz CT molecular complexity index is 760. The Labute approximate surface area is 125 Å². The Morgan fingerprint density at radius 3 is 2.24 bits per heavy atom. The number of aromatic amines is 1. The van der Waals surface area contributed by atoms with E-state index >= 15 is 0 Å². The second-order valence-electron chi connectivity index (χ2n) is 6.46. The first kappa shape index (κ1) is 13.7. The van der Waals surface area contributed by atoms with Gasteiger partial charge in [-0.15, -0.1) is 0 Å². The maximum absolute atomic E-state index is 5.21. The number of methoxy groups -OCH3 is 1. The monoisotopic (exact) mass is 279 g/mol. The number of fused-ring (bicyclic) bond motifs is 1. The molecule has 0 unspecified atom stereocenters. The van der Waals surface area contributed by atoms with E-state index in [1.54, 1.807) is 7.11 Å². The Kier molecular flexibility index (Phi) is 3.25. The van der Waals surface area contributed by atoms with Gasteiger partial charge >= 0.3 is 0 Å². The largest absolute Gasteiger partial charge is 0.497 e. The summed E-state index contributed by atoms with van der Waals surface area (Å²) in [5, 5.41) is 1.26. The number of rotatable bonds is 2. The fourth-order valence-corrected chi connectivity index (χ4v) is 2.53. The van der Waals surface area contributed by atoms with Crippen LogP contribution in [0.15, 0.2) is 48.5 Å². The number of hydrogen-bond acceptors (Lipinski definition) is 1. The van der Waals surface area contributed by atoms with Crippen LogP contribution >= 0.6 is 0 Å². The number of H-pyrrole nitrogens is 1. The topological polar surface area (TPSA) is 25.0 Å². The van der Waals surface area contributed by atoms with Crippen LogP contribution < -0.4 is 4.74 Å². The second kappa shape index (κ2) is 4.96. The minimum atomic E-state index is 0.172. The third kappa shape index (κ3) is 2.66. The molecular formula is C19H21NO. The summed E-state index contributed by atoms with van der Waals surface area (Å²) < 4.78 is 5.21. The van der Waals surface area contributed by atoms with Gasteiger partial charge in [0.1, 0.15) is 5.75 Å². The zero-order chi connectivity index (χ0) is 15.0. The van der Waals surface area contributed by atoms with Crippen molar-refractivity contribution in [3.05, 3.63) is 54.1 Å². The summed E-state index contributed by atoms with van der Waals surface area (Å²) in [6.45, 7) is 6.72. The molecule has 0 saturated heterocycles. The predicted octanol–water partition coefficient (Wildman–Crippen LogP) is 5.14. The normalized spacial score (nSPS) is 11.8. The van der Waals surface area contributed by atoms with Gasteiger partial charge in [0.15, 0.2) is 0 Å². The van der Waals surface area contributed by atoms with Crippen LogP contribution in [0.2, 0.25) is 0 Å². The molecule has 2 heteroatoms. The van der Waals surface area contributed by atoms with E-state index < -0.39 is 0 Å². The maximum atomic E-state index is 5.21. The lowest BCUT2D eigenvalue weighted by atomic mass is 9.86. The van der Waals surface area contributed by atoms with Crippen LogP contribution in [0.25, 0.3) is 22.2 Å². The highest BCUT2D eigenvalue weighted by Gasteiger charge is 2.14. The third-order valence-corrected chi connectivity index (χ3v) is 3.89. The molecule has 1 aromatic heterocycles. The number of aromatic nitrogens is 1. The molecule has 108 valence electrons. The molecule has 0 bridgehead atoms. The van der Waals surface area contributed by atoms with Crippen LogP contribution in [-0.4, -0.2) is 12.1 Å². The number of ether oxygens (including phenoxy) is 1. The number of nitrogens with one attached hydrogen (secondary N) is 1. The van der Waals surface area contributed by atoms with Gasteiger partial charge in [0.05, 0.1) is 7.11 Å². The van der Waals surface area contributed by atoms with Crippen molar-refractivity contribution in [3.63, 3.8) is 0 Å². The number of hydrogen-bond donors (Lipinski definition) is 1. The highest BCUT2D eigenvalue weighted by molar-refractivity contribution is 5.86. The first-order chi connectivity index (χ1) is 9.97. The first-order valence-electron chi connectivity index (χ1n) is 7.25. The molecule has 21 heavy (non-hydrogen) atoms. The minimum absolute atomic E-state index is 0.172. The minimum Gasteiger partial charge on any atom is -0.497 e. The Morgan fingerprint density at radius 2 is 1.62 bits per heavy atom. The van der Waals surface area contributed by atoms with Crippen LogP contribution in [-0.2, 0) is 5.41 Å². The molecule has 3 rings (SSSR count). The first-order valence-corrected chi connectivity index (χ1v) is 7.25. The summed E-state index contributed by atoms with van der Waals surface area (Å²) in [7, 11) is 1.69. The van der Waals surface area contributed by atoms with Crippen LogP contribution in [0.1, 0.15) is 26.3 Å². The molecule has 1 N–H and O–H groups in total. The van der Waals surface area contributed by atoms with Gasteiger partial charge in [-0.3, -0.25) is 0 Å². The molecule has 0 aliphatic heterocycles. The average Bonchev–Trinajstić information content (AvgIpc) is 2.89. The molecule has 1 heterocycles. The Hall–Kier alpha value is -2.22. The molecule has 2 nitrogen and oxygen atoms in total. The predicted molar refractivity (Wildman–Crippen MR) is 89.0 cm³/mol. The van der Waals surface area contributed by atoms with Gasteiger partial charge in [0.2, 0.25) is 0 Å². The van der Waals surface area contributed by atoms with Crippen molar-refractivity contribution < 1.29 is 4.74 Å². The molecule has 3 aromatic rings. The van der Waals surface area contributed by atoms with E-state index in [0.717, 1.165) is 11.4 Å². The van der Waals surface area contributed by atoms with Crippen LogP contribution in [0.5, 0.6) is 5.75 Å². The molecule has 2 aromatic carbocycles. The lowest BCUT2D eigenvalue weighted by Gasteiger charge is -2.18. The molecule has 0 aliphatic rings. The SMILES string of the molecule is COc1ccc(-c2cc3cc(C(C)(C)C)ccc3[nH]2)cc1. The standard InChI is InChI=1S/C19H21NO/c1-19(2,3)15-7-10-17-14(11-15)12-18(20-17)13-5-8-16(21-4)9-6-13/h5-12,20H,1-4H3. The second-order valence-corrected chi connectivity index (χ2v) is 6.46. The molecule has 0 atom stereocenters. The fraction of sp³-hybridized carbons (Fsp3) is 0.263. The van der Waals surface area contributed by atoms with Crippen LogP contribution in [0.3, 0.4) is 0 Å². The van der Waals surface area contributed by atoms with Gasteiger partial charge in [-0.05, 0) is 59.0 Å². The zero-order valence-electron chi connectivity index (χ0n) is 13.0. The van der Waals surface area contributed by atoms with E-state index in [1.165, 1.54) is 22.0 Å². The van der Waals surface area contributed by atoms with E-state index in [2.05, 4.69) is 62.2 Å². The van der Waals surface area contributed by atoms with E-state index in [0.29, 0.717) is 0 Å². The Balaban J connectivity index is 2.04. The van der Waals surface area contributed by atoms with Gasteiger partial charge in [0.25, 0.3) is 0 Å². The maximum Gasteiger partial charge on any atom is 0.118 e. The van der Waals surface area contributed by atoms with Crippen molar-refractivity contribution in [1.82, 2.24) is 4.98 Å². The van der Waals surface area contributed by atoms with Gasteiger partial charge in [-0.2, -0.15) is 0 Å². The van der Waals surface area contributed by atoms with E-state index in [9.17, 15) is 0 Å². The van der Waals surface area contributed by atoms with Crippen molar-refractivity contribution >= 4 is 10.9 Å². The highest BCUT2D eigenvalue weighted by Crippen LogP contribution is 2.29. The number of benzene rings is 2. The zero-order valence-corrected chi connectivity index (χ0v) is 13.0. The molecular weight excluding hydrogens is 258 g/mol. The summed E-state index contributed by atoms with van der Waals surface area (Å²) in [6, 6.07) is 17.0. The summed E-state index contributed by atoms with van der Waals surface area (Å²) in [5.41, 5.74) is 5.01. The van der Waals surface area contributed by atoms with Crippen molar-refractivity contribution in [2.45, 2.75) is 26.2 Å². The average molecular weight is 279 g/mol. The van der Waals surface area contributed by atoms with Crippen molar-refractivity contribution in [3.8, 4) is 17.0 Å². The molecule has 0 amide bonds. The summed E-state index contributed by atoms with van der Waals surface area (Å²) in [5.74, 6) is 0.880. The van der Waals surface area contributed by atoms with Gasteiger partial charge in [0, 0.05) is 16.6 Å². The smallest absolute Gasteiger partial charge is 0.118 e. The fourth-order valence-electron chi connectivity index (χ4n) is 2.53. The van der Waals surface area contributed by atoms with Gasteiger partial charge in [-0.25, -0.2) is 0 Å².